The molecule has 2 atom stereocenters. The molecule has 7 heteroatoms. The topological polar surface area (TPSA) is 106 Å². The molecule has 0 aromatic heterocycles. The summed E-state index contributed by atoms with van der Waals surface area (Å²) in [5.74, 6) is 8.72. The molecule has 0 aromatic carbocycles. The highest BCUT2D eigenvalue weighted by Crippen LogP contribution is 2.11. The Kier molecular flexibility index (Phi) is 3.38. The van der Waals surface area contributed by atoms with E-state index in [0.29, 0.717) is 0 Å². The van der Waals surface area contributed by atoms with Crippen LogP contribution in [0.2, 0.25) is 0 Å². The van der Waals surface area contributed by atoms with Crippen molar-refractivity contribution < 1.29 is 23.9 Å². The van der Waals surface area contributed by atoms with Gasteiger partial charge in [0, 0.05) is 0 Å². The highest BCUT2D eigenvalue weighted by Gasteiger charge is 2.32. The van der Waals surface area contributed by atoms with Gasteiger partial charge in [-0.15, -0.1) is 0 Å². The molecule has 1 rings (SSSR count). The maximum atomic E-state index is 10.7. The summed E-state index contributed by atoms with van der Waals surface area (Å²) >= 11 is 0. The highest BCUT2D eigenvalue weighted by atomic mass is 16.8. The first kappa shape index (κ1) is 9.36. The van der Waals surface area contributed by atoms with E-state index in [4.69, 9.17) is 15.4 Å². The Labute approximate surface area is 68.4 Å². The second-order valence-corrected chi connectivity index (χ2v) is 2.16. The fourth-order valence-electron chi connectivity index (χ4n) is 0.822. The van der Waals surface area contributed by atoms with Gasteiger partial charge < -0.3 is 14.3 Å². The van der Waals surface area contributed by atoms with Crippen LogP contribution in [-0.2, 0) is 23.9 Å². The number of carbonyl (C=O) groups is 1. The molecule has 70 valence electrons. The number of carbonyl (C=O) groups excluding carboxylic acids is 1. The van der Waals surface area contributed by atoms with Gasteiger partial charge in [-0.25, -0.2) is 10.7 Å². The quantitative estimate of drug-likeness (QED) is 0.483. The van der Waals surface area contributed by atoms with Crippen molar-refractivity contribution in [2.24, 2.45) is 11.8 Å². The molecular weight excluding hydrogens is 168 g/mol. The predicted molar refractivity (Wildman–Crippen MR) is 35.0 cm³/mol. The van der Waals surface area contributed by atoms with Gasteiger partial charge in [-0.05, 0) is 0 Å². The van der Waals surface area contributed by atoms with Gasteiger partial charge in [0.15, 0.2) is 12.4 Å². The van der Waals surface area contributed by atoms with Crippen molar-refractivity contribution in [3.63, 3.8) is 0 Å². The van der Waals surface area contributed by atoms with Crippen LogP contribution in [0.15, 0.2) is 0 Å². The first-order valence-corrected chi connectivity index (χ1v) is 3.27. The summed E-state index contributed by atoms with van der Waals surface area (Å²) in [5.41, 5.74) is 0. The second kappa shape index (κ2) is 4.33. The van der Waals surface area contributed by atoms with Crippen LogP contribution in [0, 0.1) is 0 Å². The minimum Gasteiger partial charge on any atom is -0.371 e. The van der Waals surface area contributed by atoms with E-state index >= 15 is 0 Å². The Bertz CT molecular complexity index is 164. The van der Waals surface area contributed by atoms with E-state index in [9.17, 15) is 4.79 Å². The number of ether oxygens (including phenoxy) is 2. The molecule has 7 nitrogen and oxygen atoms in total. The lowest BCUT2D eigenvalue weighted by Crippen LogP contribution is -2.29. The summed E-state index contributed by atoms with van der Waals surface area (Å²) in [7, 11) is 0. The maximum absolute atomic E-state index is 10.7. The third-order valence-corrected chi connectivity index (χ3v) is 1.36. The van der Waals surface area contributed by atoms with Crippen molar-refractivity contribution in [2.45, 2.75) is 12.4 Å². The van der Waals surface area contributed by atoms with E-state index in [0.717, 1.165) is 0 Å². The summed E-state index contributed by atoms with van der Waals surface area (Å²) in [4.78, 5) is 18.9. The number of hydrogen-bond donors (Lipinski definition) is 2. The Morgan fingerprint density at radius 2 is 2.33 bits per heavy atom. The molecule has 0 saturated carbocycles. The van der Waals surface area contributed by atoms with Gasteiger partial charge in [-0.3, -0.25) is 4.84 Å². The maximum Gasteiger partial charge on any atom is 0.356 e. The van der Waals surface area contributed by atoms with Crippen molar-refractivity contribution in [3.05, 3.63) is 0 Å². The summed E-state index contributed by atoms with van der Waals surface area (Å²) < 4.78 is 9.92. The van der Waals surface area contributed by atoms with Crippen LogP contribution >= 0.6 is 0 Å². The number of nitrogens with two attached hydrogens (primary N) is 2. The van der Waals surface area contributed by atoms with Crippen LogP contribution in [0.3, 0.4) is 0 Å². The summed E-state index contributed by atoms with van der Waals surface area (Å²) in [6.45, 7) is 0.165. The lowest BCUT2D eigenvalue weighted by atomic mass is 10.4. The van der Waals surface area contributed by atoms with E-state index in [-0.39, 0.29) is 13.2 Å². The summed E-state index contributed by atoms with van der Waals surface area (Å²) in [6.07, 6.45) is -1.41. The average Bonchev–Trinajstić information content (AvgIpc) is 2.52. The molecule has 0 radical (unpaired) electrons. The fourth-order valence-corrected chi connectivity index (χ4v) is 0.822. The van der Waals surface area contributed by atoms with Gasteiger partial charge >= 0.3 is 5.97 Å². The molecule has 0 bridgehead atoms. The minimum atomic E-state index is -0.782. The van der Waals surface area contributed by atoms with Crippen molar-refractivity contribution in [2.75, 3.05) is 13.2 Å². The molecule has 0 aromatic rings. The van der Waals surface area contributed by atoms with Crippen LogP contribution in [-0.4, -0.2) is 31.6 Å². The Morgan fingerprint density at radius 1 is 1.58 bits per heavy atom. The van der Waals surface area contributed by atoms with Crippen molar-refractivity contribution in [3.8, 4) is 0 Å². The van der Waals surface area contributed by atoms with Crippen molar-refractivity contribution in [1.82, 2.24) is 0 Å². The summed E-state index contributed by atoms with van der Waals surface area (Å²) in [5, 5.41) is 0. The lowest BCUT2D eigenvalue weighted by molar-refractivity contribution is -0.160. The molecule has 1 saturated heterocycles. The van der Waals surface area contributed by atoms with Crippen molar-refractivity contribution >= 4 is 5.97 Å². The van der Waals surface area contributed by atoms with E-state index in [2.05, 4.69) is 15.6 Å². The fraction of sp³-hybridized carbons (Fsp3) is 0.800. The van der Waals surface area contributed by atoms with Crippen LogP contribution in [0.4, 0.5) is 0 Å². The largest absolute Gasteiger partial charge is 0.371 e. The molecule has 1 aliphatic rings. The zero-order chi connectivity index (χ0) is 8.97. The third kappa shape index (κ3) is 2.13. The van der Waals surface area contributed by atoms with E-state index in [1.165, 1.54) is 0 Å². The van der Waals surface area contributed by atoms with Crippen molar-refractivity contribution in [1.29, 1.82) is 0 Å². The van der Waals surface area contributed by atoms with Crippen LogP contribution in [0.25, 0.3) is 0 Å². The predicted octanol–water partition coefficient (Wildman–Crippen LogP) is -1.96. The zero-order valence-electron chi connectivity index (χ0n) is 6.26. The molecule has 1 unspecified atom stereocenters. The molecule has 4 N–H and O–H groups in total. The number of hydrogen-bond acceptors (Lipinski definition) is 7. The van der Waals surface area contributed by atoms with Gasteiger partial charge in [0.25, 0.3) is 0 Å². The monoisotopic (exact) mass is 178 g/mol. The molecule has 1 aliphatic heterocycles. The third-order valence-electron chi connectivity index (χ3n) is 1.36. The average molecular weight is 178 g/mol. The van der Waals surface area contributed by atoms with E-state index in [1.807, 2.05) is 0 Å². The van der Waals surface area contributed by atoms with Crippen LogP contribution in [0.1, 0.15) is 0 Å². The standard InChI is InChI=1S/C5H10N2O5/c6-10-2-4-9-1-3(11-4)5(8)12-7/h3-4H,1-2,6-7H2/t3-,4?/m0/s1. The normalized spacial score (nSPS) is 28.8. The summed E-state index contributed by atoms with van der Waals surface area (Å²) in [6, 6.07) is 0. The SMILES string of the molecule is NOCC1OC[C@@H](C(=O)ON)O1. The van der Waals surface area contributed by atoms with Crippen LogP contribution < -0.4 is 11.8 Å². The smallest absolute Gasteiger partial charge is 0.356 e. The number of rotatable bonds is 3. The Hall–Kier alpha value is -0.730. The molecule has 1 fully saturated rings. The minimum absolute atomic E-state index is 0.0638. The lowest BCUT2D eigenvalue weighted by Gasteiger charge is -2.07. The molecule has 0 spiro atoms. The van der Waals surface area contributed by atoms with Gasteiger partial charge in [-0.2, -0.15) is 5.90 Å². The van der Waals surface area contributed by atoms with Gasteiger partial charge in [0.1, 0.15) is 6.61 Å². The van der Waals surface area contributed by atoms with Crippen LogP contribution in [0.5, 0.6) is 0 Å². The molecule has 0 amide bonds. The molecule has 0 aliphatic carbocycles. The van der Waals surface area contributed by atoms with E-state index in [1.54, 1.807) is 0 Å². The first-order chi connectivity index (χ1) is 5.77. The first-order valence-electron chi connectivity index (χ1n) is 3.27. The molecular formula is C5H10N2O5. The zero-order valence-corrected chi connectivity index (χ0v) is 6.26. The second-order valence-electron chi connectivity index (χ2n) is 2.16. The van der Waals surface area contributed by atoms with Gasteiger partial charge in [0.2, 0.25) is 0 Å². The van der Waals surface area contributed by atoms with E-state index < -0.39 is 18.4 Å². The molecule has 12 heavy (non-hydrogen) atoms. The molecule has 1 heterocycles. The van der Waals surface area contributed by atoms with Gasteiger partial charge in [-0.1, -0.05) is 0 Å². The highest BCUT2D eigenvalue weighted by molar-refractivity contribution is 5.74. The van der Waals surface area contributed by atoms with Gasteiger partial charge in [0.05, 0.1) is 6.61 Å². The Morgan fingerprint density at radius 3 is 2.92 bits per heavy atom. The Balaban J connectivity index is 2.30.